The number of pyridine rings is 1. The molecular formula is C20H23N5O3. The van der Waals surface area contributed by atoms with E-state index in [1.807, 2.05) is 43.3 Å². The Morgan fingerprint density at radius 2 is 1.68 bits per heavy atom. The van der Waals surface area contributed by atoms with Crippen LogP contribution in [0, 0.1) is 6.92 Å². The van der Waals surface area contributed by atoms with Gasteiger partial charge in [0.15, 0.2) is 11.5 Å². The summed E-state index contributed by atoms with van der Waals surface area (Å²) in [5, 5.41) is 6.46. The van der Waals surface area contributed by atoms with Gasteiger partial charge >= 0.3 is 0 Å². The molecule has 8 nitrogen and oxygen atoms in total. The normalized spacial score (nSPS) is 10.3. The van der Waals surface area contributed by atoms with Crippen LogP contribution < -0.4 is 24.8 Å². The van der Waals surface area contributed by atoms with E-state index < -0.39 is 0 Å². The van der Waals surface area contributed by atoms with Crippen LogP contribution in [0.2, 0.25) is 0 Å². The second-order valence-corrected chi connectivity index (χ2v) is 5.93. The molecule has 146 valence electrons. The molecule has 0 amide bonds. The maximum Gasteiger partial charge on any atom is 0.225 e. The molecule has 0 radical (unpaired) electrons. The average Bonchev–Trinajstić information content (AvgIpc) is 2.71. The number of benzene rings is 1. The minimum atomic E-state index is 0.514. The highest BCUT2D eigenvalue weighted by Crippen LogP contribution is 2.40. The number of ether oxygens (including phenoxy) is 3. The summed E-state index contributed by atoms with van der Waals surface area (Å²) in [6.45, 7) is 2.45. The third-order valence-corrected chi connectivity index (χ3v) is 3.95. The molecule has 0 fully saturated rings. The van der Waals surface area contributed by atoms with E-state index in [0.717, 1.165) is 17.1 Å². The molecule has 0 saturated heterocycles. The van der Waals surface area contributed by atoms with Gasteiger partial charge in [-0.15, -0.1) is 0 Å². The zero-order chi connectivity index (χ0) is 19.9. The maximum atomic E-state index is 5.40. The predicted molar refractivity (Wildman–Crippen MR) is 108 cm³/mol. The van der Waals surface area contributed by atoms with Crippen LogP contribution in [-0.4, -0.2) is 36.3 Å². The molecule has 0 unspecified atom stereocenters. The van der Waals surface area contributed by atoms with Crippen molar-refractivity contribution in [3.05, 3.63) is 54.0 Å². The smallest absolute Gasteiger partial charge is 0.225 e. The Hall–Kier alpha value is -3.55. The van der Waals surface area contributed by atoms with Gasteiger partial charge in [-0.1, -0.05) is 6.07 Å². The monoisotopic (exact) mass is 381 g/mol. The van der Waals surface area contributed by atoms with Gasteiger partial charge in [0.1, 0.15) is 5.82 Å². The average molecular weight is 381 g/mol. The lowest BCUT2D eigenvalue weighted by molar-refractivity contribution is 0.324. The van der Waals surface area contributed by atoms with Crippen LogP contribution in [0.25, 0.3) is 0 Å². The van der Waals surface area contributed by atoms with E-state index in [-0.39, 0.29) is 0 Å². The molecule has 0 aliphatic heterocycles. The van der Waals surface area contributed by atoms with E-state index in [1.165, 1.54) is 0 Å². The number of rotatable bonds is 8. The van der Waals surface area contributed by atoms with Crippen molar-refractivity contribution < 1.29 is 14.2 Å². The first kappa shape index (κ1) is 19.2. The second-order valence-electron chi connectivity index (χ2n) is 5.93. The van der Waals surface area contributed by atoms with Gasteiger partial charge in [0.25, 0.3) is 0 Å². The van der Waals surface area contributed by atoms with Gasteiger partial charge in [-0.3, -0.25) is 4.98 Å². The lowest BCUT2D eigenvalue weighted by atomic mass is 10.2. The fourth-order valence-electron chi connectivity index (χ4n) is 2.69. The van der Waals surface area contributed by atoms with Crippen molar-refractivity contribution in [2.75, 3.05) is 32.0 Å². The van der Waals surface area contributed by atoms with Crippen molar-refractivity contribution >= 4 is 17.5 Å². The fourth-order valence-corrected chi connectivity index (χ4v) is 2.69. The van der Waals surface area contributed by atoms with E-state index in [0.29, 0.717) is 35.6 Å². The maximum absolute atomic E-state index is 5.40. The Morgan fingerprint density at radius 3 is 2.29 bits per heavy atom. The highest BCUT2D eigenvalue weighted by Gasteiger charge is 2.14. The summed E-state index contributed by atoms with van der Waals surface area (Å²) in [6.07, 6.45) is 1.76. The van der Waals surface area contributed by atoms with Crippen LogP contribution in [0.1, 0.15) is 11.4 Å². The van der Waals surface area contributed by atoms with Gasteiger partial charge in [0.05, 0.1) is 33.6 Å². The highest BCUT2D eigenvalue weighted by molar-refractivity contribution is 5.67. The van der Waals surface area contributed by atoms with E-state index in [2.05, 4.69) is 25.6 Å². The lowest BCUT2D eigenvalue weighted by Gasteiger charge is -2.15. The first-order valence-corrected chi connectivity index (χ1v) is 8.69. The summed E-state index contributed by atoms with van der Waals surface area (Å²) in [5.74, 6) is 2.81. The number of methoxy groups -OCH3 is 3. The molecule has 0 atom stereocenters. The first-order valence-electron chi connectivity index (χ1n) is 8.69. The van der Waals surface area contributed by atoms with Gasteiger partial charge in [-0.05, 0) is 19.1 Å². The molecular weight excluding hydrogens is 358 g/mol. The van der Waals surface area contributed by atoms with Crippen LogP contribution in [0.4, 0.5) is 17.5 Å². The van der Waals surface area contributed by atoms with Crippen molar-refractivity contribution in [3.8, 4) is 17.2 Å². The zero-order valence-corrected chi connectivity index (χ0v) is 16.3. The number of nitrogens with zero attached hydrogens (tertiary/aromatic N) is 3. The first-order chi connectivity index (χ1) is 13.6. The molecule has 0 spiro atoms. The lowest BCUT2D eigenvalue weighted by Crippen LogP contribution is -2.07. The van der Waals surface area contributed by atoms with Gasteiger partial charge in [0, 0.05) is 35.8 Å². The van der Waals surface area contributed by atoms with Crippen molar-refractivity contribution in [1.82, 2.24) is 15.0 Å². The molecule has 3 rings (SSSR count). The topological polar surface area (TPSA) is 90.4 Å². The molecule has 0 saturated carbocycles. The van der Waals surface area contributed by atoms with Crippen molar-refractivity contribution in [2.45, 2.75) is 13.5 Å². The molecule has 0 bridgehead atoms. The fraction of sp³-hybridized carbons (Fsp3) is 0.250. The van der Waals surface area contributed by atoms with Crippen molar-refractivity contribution in [3.63, 3.8) is 0 Å². The Labute approximate surface area is 163 Å². The third kappa shape index (κ3) is 4.59. The Morgan fingerprint density at radius 1 is 0.929 bits per heavy atom. The highest BCUT2D eigenvalue weighted by atomic mass is 16.5. The quantitative estimate of drug-likeness (QED) is 0.612. The van der Waals surface area contributed by atoms with Gasteiger partial charge in [-0.2, -0.15) is 4.98 Å². The Balaban J connectivity index is 1.81. The van der Waals surface area contributed by atoms with Crippen LogP contribution in [-0.2, 0) is 6.54 Å². The molecule has 28 heavy (non-hydrogen) atoms. The molecule has 2 N–H and O–H groups in total. The minimum Gasteiger partial charge on any atom is -0.493 e. The summed E-state index contributed by atoms with van der Waals surface area (Å²) in [5.41, 5.74) is 2.49. The minimum absolute atomic E-state index is 0.514. The summed E-state index contributed by atoms with van der Waals surface area (Å²) >= 11 is 0. The largest absolute Gasteiger partial charge is 0.493 e. The predicted octanol–water partition coefficient (Wildman–Crippen LogP) is 3.56. The van der Waals surface area contributed by atoms with Crippen LogP contribution in [0.5, 0.6) is 17.2 Å². The number of nitrogens with one attached hydrogen (secondary N) is 2. The van der Waals surface area contributed by atoms with E-state index in [4.69, 9.17) is 14.2 Å². The standard InChI is InChI=1S/C20H23N5O3/c1-13-9-18(25-20(23-13)22-12-14-7-5-6-8-21-14)24-15-10-16(26-2)19(28-4)17(11-15)27-3/h5-11H,12H2,1-4H3,(H2,22,23,24,25). The molecule has 8 heteroatoms. The number of hydrogen-bond donors (Lipinski definition) is 2. The van der Waals surface area contributed by atoms with E-state index in [1.54, 1.807) is 27.5 Å². The van der Waals surface area contributed by atoms with E-state index in [9.17, 15) is 0 Å². The molecule has 0 aliphatic carbocycles. The molecule has 1 aromatic carbocycles. The van der Waals surface area contributed by atoms with Gasteiger partial charge in [0.2, 0.25) is 11.7 Å². The Bertz CT molecular complexity index is 909. The summed E-state index contributed by atoms with van der Waals surface area (Å²) in [4.78, 5) is 13.2. The third-order valence-electron chi connectivity index (χ3n) is 3.95. The summed E-state index contributed by atoms with van der Waals surface area (Å²) < 4.78 is 16.1. The van der Waals surface area contributed by atoms with Crippen LogP contribution in [0.3, 0.4) is 0 Å². The summed E-state index contributed by atoms with van der Waals surface area (Å²) in [7, 11) is 4.73. The summed E-state index contributed by atoms with van der Waals surface area (Å²) in [6, 6.07) is 11.3. The molecule has 0 aliphatic rings. The Kier molecular flexibility index (Phi) is 6.11. The van der Waals surface area contributed by atoms with Crippen molar-refractivity contribution in [1.29, 1.82) is 0 Å². The molecule has 2 aromatic heterocycles. The number of aromatic nitrogens is 3. The number of hydrogen-bond acceptors (Lipinski definition) is 8. The van der Waals surface area contributed by atoms with E-state index >= 15 is 0 Å². The number of aryl methyl sites for hydroxylation is 1. The van der Waals surface area contributed by atoms with Gasteiger partial charge < -0.3 is 24.8 Å². The van der Waals surface area contributed by atoms with Crippen LogP contribution in [0.15, 0.2) is 42.6 Å². The zero-order valence-electron chi connectivity index (χ0n) is 16.3. The number of anilines is 3. The van der Waals surface area contributed by atoms with Gasteiger partial charge in [-0.25, -0.2) is 4.98 Å². The molecule has 3 aromatic rings. The van der Waals surface area contributed by atoms with Crippen molar-refractivity contribution in [2.24, 2.45) is 0 Å². The second kappa shape index (κ2) is 8.90. The SMILES string of the molecule is COc1cc(Nc2cc(C)nc(NCc3ccccn3)n2)cc(OC)c1OC. The molecule has 2 heterocycles. The van der Waals surface area contributed by atoms with Crippen LogP contribution >= 0.6 is 0 Å².